The first kappa shape index (κ1) is 29.2. The first-order chi connectivity index (χ1) is 19.5. The molecule has 1 nitrogen and oxygen atoms in total. The number of hydrogen-bond acceptors (Lipinski definition) is 1. The number of pyridine rings is 1. The van der Waals surface area contributed by atoms with Gasteiger partial charge in [-0.3, -0.25) is 0 Å². The molecule has 0 amide bonds. The van der Waals surface area contributed by atoms with E-state index in [0.29, 0.717) is 0 Å². The van der Waals surface area contributed by atoms with E-state index in [-0.39, 0.29) is 16.2 Å². The van der Waals surface area contributed by atoms with E-state index in [4.69, 9.17) is 0 Å². The fraction of sp³-hybridized carbons (Fsp3) is 0.425. The lowest BCUT2D eigenvalue weighted by atomic mass is 9.81. The molecular formula is C40H48NS+. The van der Waals surface area contributed by atoms with Crippen LogP contribution >= 0.6 is 11.8 Å². The van der Waals surface area contributed by atoms with Gasteiger partial charge in [0.1, 0.15) is 7.05 Å². The Balaban J connectivity index is 1.73. The lowest BCUT2D eigenvalue weighted by molar-refractivity contribution is -0.659. The predicted octanol–water partition coefficient (Wildman–Crippen LogP) is 11.2. The summed E-state index contributed by atoms with van der Waals surface area (Å²) in [5.41, 5.74) is 9.28. The van der Waals surface area contributed by atoms with Crippen LogP contribution in [-0.4, -0.2) is 0 Å². The van der Waals surface area contributed by atoms with E-state index < -0.39 is 0 Å². The van der Waals surface area contributed by atoms with Crippen molar-refractivity contribution in [2.24, 2.45) is 23.3 Å². The molecule has 0 radical (unpaired) electrons. The number of hydrogen-bond donors (Lipinski definition) is 0. The highest BCUT2D eigenvalue weighted by atomic mass is 32.2. The smallest absolute Gasteiger partial charge is 0.200 e. The van der Waals surface area contributed by atoms with Gasteiger partial charge in [0.05, 0.1) is 10.9 Å². The molecule has 2 heteroatoms. The molecule has 0 N–H and O–H groups in total. The molecule has 0 aliphatic carbocycles. The summed E-state index contributed by atoms with van der Waals surface area (Å²) >= 11 is 2.01. The van der Waals surface area contributed by atoms with Crippen LogP contribution in [0.15, 0.2) is 64.5 Å². The normalized spacial score (nSPS) is 13.8. The molecule has 6 rings (SSSR count). The molecule has 1 aliphatic heterocycles. The molecule has 218 valence electrons. The van der Waals surface area contributed by atoms with Crippen molar-refractivity contribution < 1.29 is 4.57 Å². The third kappa shape index (κ3) is 5.25. The van der Waals surface area contributed by atoms with E-state index in [1.54, 1.807) is 0 Å². The average Bonchev–Trinajstić information content (AvgIpc) is 2.85. The van der Waals surface area contributed by atoms with Gasteiger partial charge < -0.3 is 0 Å². The summed E-state index contributed by atoms with van der Waals surface area (Å²) < 4.78 is 2.39. The molecule has 1 aromatic heterocycles. The lowest BCUT2D eigenvalue weighted by Crippen LogP contribution is -2.32. The molecule has 42 heavy (non-hydrogen) atoms. The van der Waals surface area contributed by atoms with Gasteiger partial charge >= 0.3 is 0 Å². The largest absolute Gasteiger partial charge is 0.222 e. The van der Waals surface area contributed by atoms with Gasteiger partial charge in [-0.2, -0.15) is 0 Å². The Labute approximate surface area is 257 Å². The van der Waals surface area contributed by atoms with Gasteiger partial charge in [0.15, 0.2) is 6.20 Å². The van der Waals surface area contributed by atoms with Crippen LogP contribution < -0.4 is 4.57 Å². The lowest BCUT2D eigenvalue weighted by Gasteiger charge is -2.29. The molecule has 0 saturated heterocycles. The van der Waals surface area contributed by atoms with Crippen LogP contribution in [0.3, 0.4) is 0 Å². The van der Waals surface area contributed by atoms with E-state index in [1.165, 1.54) is 75.6 Å². The second-order valence-electron chi connectivity index (χ2n) is 16.5. The third-order valence-corrected chi connectivity index (χ3v) is 9.81. The van der Waals surface area contributed by atoms with Crippen molar-refractivity contribution in [1.82, 2.24) is 0 Å². The fourth-order valence-corrected chi connectivity index (χ4v) is 8.54. The van der Waals surface area contributed by atoms with E-state index in [2.05, 4.69) is 136 Å². The average molecular weight is 575 g/mol. The molecule has 0 bridgehead atoms. The summed E-state index contributed by atoms with van der Waals surface area (Å²) in [7, 11) is 2.24. The predicted molar refractivity (Wildman–Crippen MR) is 184 cm³/mol. The number of benzene rings is 4. The second kappa shape index (κ2) is 9.84. The van der Waals surface area contributed by atoms with Gasteiger partial charge in [-0.25, -0.2) is 4.57 Å². The number of rotatable bonds is 3. The summed E-state index contributed by atoms with van der Waals surface area (Å²) in [6.07, 6.45) is 5.50. The summed E-state index contributed by atoms with van der Waals surface area (Å²) in [6, 6.07) is 19.1. The van der Waals surface area contributed by atoms with Gasteiger partial charge in [0, 0.05) is 21.2 Å². The van der Waals surface area contributed by atoms with Gasteiger partial charge in [0.25, 0.3) is 0 Å². The summed E-state index contributed by atoms with van der Waals surface area (Å²) in [5, 5.41) is 8.45. The molecule has 0 spiro atoms. The maximum atomic E-state index is 2.50. The zero-order valence-electron chi connectivity index (χ0n) is 27.7. The Bertz CT molecular complexity index is 1890. The van der Waals surface area contributed by atoms with Crippen LogP contribution in [0.2, 0.25) is 0 Å². The van der Waals surface area contributed by atoms with Gasteiger partial charge in [-0.15, -0.1) is 0 Å². The van der Waals surface area contributed by atoms with Crippen molar-refractivity contribution in [3.63, 3.8) is 0 Å². The molecule has 0 unspecified atom stereocenters. The molecule has 5 aromatic rings. The van der Waals surface area contributed by atoms with Crippen molar-refractivity contribution in [2.45, 2.75) is 98.3 Å². The highest BCUT2D eigenvalue weighted by Gasteiger charge is 2.34. The van der Waals surface area contributed by atoms with Crippen molar-refractivity contribution in [3.05, 3.63) is 77.0 Å². The van der Waals surface area contributed by atoms with Crippen LogP contribution in [0.1, 0.15) is 84.6 Å². The first-order valence-corrected chi connectivity index (χ1v) is 16.5. The highest BCUT2D eigenvalue weighted by Crippen LogP contribution is 2.54. The number of aromatic nitrogens is 1. The van der Waals surface area contributed by atoms with E-state index in [9.17, 15) is 0 Å². The molecule has 1 aliphatic rings. The van der Waals surface area contributed by atoms with Crippen LogP contribution in [0.25, 0.3) is 43.6 Å². The number of fused-ring (bicyclic) bond motifs is 5. The summed E-state index contributed by atoms with van der Waals surface area (Å²) in [4.78, 5) is 2.85. The second-order valence-corrected chi connectivity index (χ2v) is 17.5. The summed E-state index contributed by atoms with van der Waals surface area (Å²) in [5.74, 6) is 0. The van der Waals surface area contributed by atoms with Crippen molar-refractivity contribution >= 4 is 44.1 Å². The van der Waals surface area contributed by atoms with Gasteiger partial charge in [0.2, 0.25) is 5.69 Å². The third-order valence-electron chi connectivity index (χ3n) is 8.61. The molecule has 4 aromatic carbocycles. The standard InChI is InChI=1S/C40H48NS/c1-24-30-19-25(21-38(2,3)4)15-16-28(30)31(23-40(8,9)10)37-33(24)36-35-29(17-18-41(36)11)34-26(20-32(35)42-37)13-12-14-27(34)22-39(5,6)7/h12-20H,21-23H2,1-11H3/q+1. The van der Waals surface area contributed by atoms with Crippen molar-refractivity contribution in [3.8, 4) is 11.3 Å². The first-order valence-electron chi connectivity index (χ1n) is 15.6. The van der Waals surface area contributed by atoms with E-state index in [1.807, 2.05) is 11.8 Å². The monoisotopic (exact) mass is 574 g/mol. The molecule has 0 fully saturated rings. The van der Waals surface area contributed by atoms with E-state index in [0.717, 1.165) is 19.3 Å². The van der Waals surface area contributed by atoms with Crippen molar-refractivity contribution in [1.29, 1.82) is 0 Å². The fourth-order valence-electron chi connectivity index (χ4n) is 7.17. The van der Waals surface area contributed by atoms with Crippen LogP contribution in [0.4, 0.5) is 0 Å². The minimum Gasteiger partial charge on any atom is -0.200 e. The minimum atomic E-state index is 0.181. The number of aryl methyl sites for hydroxylation is 2. The van der Waals surface area contributed by atoms with Gasteiger partial charge in [-0.1, -0.05) is 110 Å². The topological polar surface area (TPSA) is 3.88 Å². The van der Waals surface area contributed by atoms with Gasteiger partial charge in [-0.05, 0) is 92.3 Å². The SMILES string of the molecule is Cc1c2c(c(CC(C)(C)C)c3ccc(CC(C)(C)C)cc13)Sc1cc3cccc(CC(C)(C)C)c3c3cc[n+](C)c-2c13. The molecule has 2 heterocycles. The zero-order valence-corrected chi connectivity index (χ0v) is 28.5. The maximum Gasteiger partial charge on any atom is 0.222 e. The minimum absolute atomic E-state index is 0.181. The summed E-state index contributed by atoms with van der Waals surface area (Å²) in [6.45, 7) is 23.6. The Kier molecular flexibility index (Phi) is 6.85. The van der Waals surface area contributed by atoms with Crippen molar-refractivity contribution in [2.75, 3.05) is 0 Å². The van der Waals surface area contributed by atoms with E-state index >= 15 is 0 Å². The molecular weight excluding hydrogens is 527 g/mol. The molecule has 0 atom stereocenters. The quantitative estimate of drug-likeness (QED) is 0.150. The Hall–Kier alpha value is -2.84. The zero-order chi connectivity index (χ0) is 30.4. The Morgan fingerprint density at radius 3 is 2.05 bits per heavy atom. The van der Waals surface area contributed by atoms with Crippen LogP contribution in [0.5, 0.6) is 0 Å². The molecule has 0 saturated carbocycles. The van der Waals surface area contributed by atoms with Crippen LogP contribution in [-0.2, 0) is 26.3 Å². The number of nitrogens with zero attached hydrogens (tertiary/aromatic N) is 1. The van der Waals surface area contributed by atoms with Crippen LogP contribution in [0, 0.1) is 23.2 Å². The highest BCUT2D eigenvalue weighted by molar-refractivity contribution is 8.00. The Morgan fingerprint density at radius 1 is 0.690 bits per heavy atom. The Morgan fingerprint density at radius 2 is 1.38 bits per heavy atom. The maximum absolute atomic E-state index is 2.50.